The van der Waals surface area contributed by atoms with E-state index < -0.39 is 149 Å². The van der Waals surface area contributed by atoms with E-state index in [9.17, 15) is 129 Å². The highest BCUT2D eigenvalue weighted by Gasteiger charge is 2.37. The molecule has 0 aliphatic heterocycles. The molecular weight excluding hydrogens is 1840 g/mol. The zero-order valence-corrected chi connectivity index (χ0v) is 78.6. The average molecular weight is 1930 g/mol. The van der Waals surface area contributed by atoms with Gasteiger partial charge in [0.05, 0.1) is 53.8 Å². The van der Waals surface area contributed by atoms with Gasteiger partial charge in [0.2, 0.25) is 11.6 Å². The number of fused-ring (bicyclic) bond motifs is 8. The molecule has 0 saturated carbocycles. The summed E-state index contributed by atoms with van der Waals surface area (Å²) >= 11 is 2.25. The number of hydrogen-bond acceptors (Lipinski definition) is 28. The number of benzene rings is 16. The van der Waals surface area contributed by atoms with E-state index in [1.807, 2.05) is 24.3 Å². The number of phenolic OH excluding ortho intramolecular Hbond substituents is 18. The Morgan fingerprint density at radius 3 is 0.721 bits per heavy atom. The zero-order valence-electron chi connectivity index (χ0n) is 77.0. The van der Waals surface area contributed by atoms with Gasteiger partial charge in [-0.2, -0.15) is 0 Å². The maximum Gasteiger partial charge on any atom is 0.226 e. The highest BCUT2D eigenvalue weighted by atomic mass is 32.1. The molecule has 0 spiro atoms. The van der Waals surface area contributed by atoms with Gasteiger partial charge >= 0.3 is 0 Å². The fourth-order valence-electron chi connectivity index (χ4n) is 18.1. The third-order valence-electron chi connectivity index (χ3n) is 25.1. The molecule has 0 atom stereocenters. The molecule has 710 valence electrons. The Labute approximate surface area is 802 Å². The van der Waals surface area contributed by atoms with Crippen LogP contribution in [0.3, 0.4) is 0 Å². The molecule has 0 aliphatic rings. The number of thiazole rings is 2. The summed E-state index contributed by atoms with van der Waals surface area (Å²) in [5.41, 5.74) is 2.95. The van der Waals surface area contributed by atoms with Gasteiger partial charge in [-0.05, 0) is 220 Å². The van der Waals surface area contributed by atoms with Crippen molar-refractivity contribution in [1.29, 1.82) is 0 Å². The minimum Gasteiger partial charge on any atom is -0.507 e. The van der Waals surface area contributed by atoms with Crippen LogP contribution in [-0.4, -0.2) is 137 Å². The van der Waals surface area contributed by atoms with E-state index in [0.29, 0.717) is 55.5 Å². The molecule has 0 fully saturated rings. The molecule has 0 radical (unpaired) electrons. The predicted octanol–water partition coefficient (Wildman–Crippen LogP) is 23.6. The van der Waals surface area contributed by atoms with Crippen molar-refractivity contribution in [1.82, 2.24) is 9.97 Å². The molecule has 0 saturated heterocycles. The molecule has 18 rings (SSSR count). The molecular formula is C110H90F2N2O24S2. The number of nitrogens with zero attached hydrogens (tertiary/aromatic N) is 2. The van der Waals surface area contributed by atoms with Crippen molar-refractivity contribution in [3.05, 3.63) is 269 Å². The highest BCUT2D eigenvalue weighted by Crippen LogP contribution is 2.58. The summed E-state index contributed by atoms with van der Waals surface area (Å²) in [6.07, 6.45) is 0.264. The van der Waals surface area contributed by atoms with Crippen LogP contribution >= 0.6 is 22.7 Å². The first kappa shape index (κ1) is 96.3. The van der Waals surface area contributed by atoms with Crippen LogP contribution in [0.5, 0.6) is 103 Å². The molecule has 0 amide bonds. The van der Waals surface area contributed by atoms with Gasteiger partial charge in [0.25, 0.3) is 0 Å². The van der Waals surface area contributed by atoms with Gasteiger partial charge in [-0.15, -0.1) is 22.7 Å². The van der Waals surface area contributed by atoms with Gasteiger partial charge in [0.15, 0.2) is 102 Å². The van der Waals surface area contributed by atoms with Crippen molar-refractivity contribution < 1.29 is 129 Å². The quantitative estimate of drug-likeness (QED) is 0.0297. The molecule has 0 aliphatic carbocycles. The first-order valence-corrected chi connectivity index (χ1v) is 45.4. The summed E-state index contributed by atoms with van der Waals surface area (Å²) in [6, 6.07) is 41.7. The van der Waals surface area contributed by atoms with Gasteiger partial charge in [0, 0.05) is 122 Å². The number of aromatic hydroxyl groups is 18. The van der Waals surface area contributed by atoms with Crippen molar-refractivity contribution in [3.63, 3.8) is 0 Å². The maximum atomic E-state index is 13.8. The molecule has 26 nitrogen and oxygen atoms in total. The number of phenols is 18. The van der Waals surface area contributed by atoms with E-state index in [1.165, 1.54) is 60.7 Å². The van der Waals surface area contributed by atoms with E-state index in [0.717, 1.165) is 68.5 Å². The third-order valence-corrected chi connectivity index (χ3v) is 27.1. The Hall–Kier alpha value is -16.9. The minimum absolute atomic E-state index is 0.00939. The standard InChI is InChI=1S/C40H32F2O8.C38H24N2O8S2.C32H34O8/c1-19-15-25-27(17-31(45)39(49)35(25)29(43)13-7-21-3-9-23(41)10-4-21)37(47)33(19)34-20(2)16-26-28(38(34)48)18-32(46)40(50)36(26)30(44)14-8-22-5-11-24(42)12-6-22;1-15-11-17-19(13-23(41)33(45)29(17)35(47)37-39-21-7-3-5-9-25(21)49-37)31(43)27(15)28-16(2)12-18-20(32(28)44)14-24(42)34(46)30(18)36(48)38-40-22-8-4-6-10-26(22)50-38;1-13-9-15-17(11-19(33)27(37)23(15)29(39)31(3,4)5)25(35)21(13)22-14(2)10-16-18(26(22)36)12-20(34)28(38)24(16)30(40)32(6,7)8/h3-6,9-12,15-18,45-50H,7-8,13-14H2,1-2H3;3-14,41-46H,1-2H3;9-12,33-38H,1-8H3. The van der Waals surface area contributed by atoms with Crippen molar-refractivity contribution in [3.8, 4) is 137 Å². The second kappa shape index (κ2) is 36.0. The molecule has 30 heteroatoms. The fraction of sp³-hybridized carbons (Fsp3) is 0.164. The number of para-hydroxylation sites is 2. The number of rotatable bonds is 17. The number of carbonyl (C=O) groups excluding carboxylic acids is 6. The van der Waals surface area contributed by atoms with Crippen molar-refractivity contribution >= 4 is 142 Å². The lowest BCUT2D eigenvalue weighted by molar-refractivity contribution is 0.0850. The lowest BCUT2D eigenvalue weighted by Crippen LogP contribution is -2.20. The number of carbonyl (C=O) groups is 6. The Bertz CT molecular complexity index is 7900. The van der Waals surface area contributed by atoms with Crippen molar-refractivity contribution in [2.45, 2.75) is 109 Å². The highest BCUT2D eigenvalue weighted by molar-refractivity contribution is 7.20. The monoisotopic (exact) mass is 1920 g/mol. The number of aromatic nitrogens is 2. The van der Waals surface area contributed by atoms with Crippen molar-refractivity contribution in [2.75, 3.05) is 0 Å². The third kappa shape index (κ3) is 16.7. The van der Waals surface area contributed by atoms with Crippen LogP contribution in [0.25, 0.3) is 118 Å². The van der Waals surface area contributed by atoms with Crippen LogP contribution in [0.4, 0.5) is 8.78 Å². The molecule has 2 aromatic heterocycles. The molecule has 18 aromatic rings. The fourth-order valence-corrected chi connectivity index (χ4v) is 19.9. The summed E-state index contributed by atoms with van der Waals surface area (Å²) in [5.74, 6) is -14.0. The normalized spacial score (nSPS) is 11.7. The maximum absolute atomic E-state index is 13.8. The second-order valence-electron chi connectivity index (χ2n) is 36.7. The Morgan fingerprint density at radius 1 is 0.271 bits per heavy atom. The first-order valence-electron chi connectivity index (χ1n) is 43.7. The van der Waals surface area contributed by atoms with Crippen LogP contribution in [0, 0.1) is 64.0 Å². The van der Waals surface area contributed by atoms with Gasteiger partial charge in [-0.3, -0.25) is 28.8 Å². The van der Waals surface area contributed by atoms with Gasteiger partial charge in [0.1, 0.15) is 46.1 Å². The van der Waals surface area contributed by atoms with Crippen LogP contribution < -0.4 is 0 Å². The van der Waals surface area contributed by atoms with E-state index in [-0.39, 0.29) is 179 Å². The Morgan fingerprint density at radius 2 is 0.486 bits per heavy atom. The predicted molar refractivity (Wildman–Crippen MR) is 531 cm³/mol. The molecule has 2 heterocycles. The summed E-state index contributed by atoms with van der Waals surface area (Å²) in [5, 5.41) is 200. The van der Waals surface area contributed by atoms with E-state index >= 15 is 0 Å². The van der Waals surface area contributed by atoms with E-state index in [2.05, 4.69) is 9.97 Å². The number of aryl methyl sites for hydroxylation is 8. The van der Waals surface area contributed by atoms with Crippen LogP contribution in [0.1, 0.15) is 171 Å². The molecule has 140 heavy (non-hydrogen) atoms. The summed E-state index contributed by atoms with van der Waals surface area (Å²) in [6.45, 7) is 19.9. The average Bonchev–Trinajstić information content (AvgIpc) is 1.08. The van der Waals surface area contributed by atoms with E-state index in [1.54, 1.807) is 132 Å². The number of hydrogen-bond donors (Lipinski definition) is 18. The largest absolute Gasteiger partial charge is 0.507 e. The van der Waals surface area contributed by atoms with Crippen LogP contribution in [0.2, 0.25) is 0 Å². The van der Waals surface area contributed by atoms with Gasteiger partial charge < -0.3 is 91.9 Å². The number of ketones is 6. The Balaban J connectivity index is 0.000000153. The van der Waals surface area contributed by atoms with Crippen molar-refractivity contribution in [2.24, 2.45) is 10.8 Å². The van der Waals surface area contributed by atoms with Gasteiger partial charge in [-0.25, -0.2) is 18.7 Å². The summed E-state index contributed by atoms with van der Waals surface area (Å²) in [7, 11) is 0. The molecule has 0 bridgehead atoms. The topological polar surface area (TPSA) is 492 Å². The minimum atomic E-state index is -0.899. The second-order valence-corrected chi connectivity index (χ2v) is 38.7. The molecule has 0 unspecified atom stereocenters. The SMILES string of the molecule is Cc1cc2c(C(=O)C(C)(C)C)c(O)c(O)cc2c(O)c1-c1c(C)cc2c(C(=O)C(C)(C)C)c(O)c(O)cc2c1O.Cc1cc2c(C(=O)CCc3ccc(F)cc3)c(O)c(O)cc2c(O)c1-c1c(C)cc2c(C(=O)CCc3ccc(F)cc3)c(O)c(O)cc2c1O.Cc1cc2c(C(=O)c3nc4ccccc4s3)c(O)c(O)cc2c(O)c1-c1c(C)cc2c(C(=O)c3nc4ccccc4s3)c(O)c(O)cc2c1O. The van der Waals surface area contributed by atoms with Gasteiger partial charge in [-0.1, -0.05) is 90.1 Å². The number of halogens is 2. The molecule has 16 aromatic carbocycles. The van der Waals surface area contributed by atoms with E-state index in [4.69, 9.17) is 0 Å². The Kier molecular flexibility index (Phi) is 24.8. The zero-order chi connectivity index (χ0) is 101. The smallest absolute Gasteiger partial charge is 0.226 e. The van der Waals surface area contributed by atoms with Crippen LogP contribution in [-0.2, 0) is 12.8 Å². The summed E-state index contributed by atoms with van der Waals surface area (Å²) < 4.78 is 28.2. The summed E-state index contributed by atoms with van der Waals surface area (Å²) in [4.78, 5) is 89.8. The first-order chi connectivity index (χ1) is 66.0. The molecule has 18 N–H and O–H groups in total. The lowest BCUT2D eigenvalue weighted by atomic mass is 9.81. The number of Topliss-reactive ketones (excluding diaryl/α,β-unsaturated/α-hetero) is 4. The lowest BCUT2D eigenvalue weighted by Gasteiger charge is -2.23. The van der Waals surface area contributed by atoms with Crippen LogP contribution in [0.15, 0.2) is 170 Å².